The summed E-state index contributed by atoms with van der Waals surface area (Å²) < 4.78 is 0. The van der Waals surface area contributed by atoms with E-state index in [0.717, 1.165) is 25.4 Å². The monoisotopic (exact) mass is 411 g/mol. The number of amides is 3. The van der Waals surface area contributed by atoms with Gasteiger partial charge in [-0.25, -0.2) is 4.98 Å². The number of fused-ring (bicyclic) bond motifs is 1. The molecule has 6 nitrogen and oxygen atoms in total. The lowest BCUT2D eigenvalue weighted by Gasteiger charge is -2.21. The van der Waals surface area contributed by atoms with Gasteiger partial charge >= 0.3 is 0 Å². The molecule has 1 aromatic carbocycles. The number of carbonyl (C=O) groups is 3. The van der Waals surface area contributed by atoms with E-state index in [1.165, 1.54) is 0 Å². The Labute approximate surface area is 169 Å². The van der Waals surface area contributed by atoms with Crippen molar-refractivity contribution in [2.24, 2.45) is 0 Å². The van der Waals surface area contributed by atoms with E-state index in [1.54, 1.807) is 53.9 Å². The molecule has 3 amide bonds. The van der Waals surface area contributed by atoms with Crippen LogP contribution in [0, 0.1) is 6.92 Å². The Balaban J connectivity index is 1.41. The van der Waals surface area contributed by atoms with E-state index in [1.807, 2.05) is 24.4 Å². The molecule has 0 bridgehead atoms. The number of carbonyl (C=O) groups excluding carboxylic acids is 3. The lowest BCUT2D eigenvalue weighted by molar-refractivity contribution is -0.124. The van der Waals surface area contributed by atoms with Crippen LogP contribution in [0.25, 0.3) is 10.6 Å². The van der Waals surface area contributed by atoms with E-state index in [0.29, 0.717) is 17.7 Å². The second-order valence-corrected chi connectivity index (χ2v) is 8.67. The molecule has 28 heavy (non-hydrogen) atoms. The molecule has 2 aromatic heterocycles. The Morgan fingerprint density at radius 3 is 2.43 bits per heavy atom. The lowest BCUT2D eigenvalue weighted by atomic mass is 10.1. The van der Waals surface area contributed by atoms with Crippen LogP contribution in [-0.4, -0.2) is 33.6 Å². The number of hydrogen-bond donors (Lipinski definition) is 1. The van der Waals surface area contributed by atoms with Crippen LogP contribution < -0.4 is 5.32 Å². The van der Waals surface area contributed by atoms with E-state index in [2.05, 4.69) is 10.3 Å². The van der Waals surface area contributed by atoms with E-state index >= 15 is 0 Å². The van der Waals surface area contributed by atoms with Crippen LogP contribution in [0.3, 0.4) is 0 Å². The van der Waals surface area contributed by atoms with Gasteiger partial charge in [0.15, 0.2) is 0 Å². The highest BCUT2D eigenvalue weighted by molar-refractivity contribution is 7.16. The molecule has 4 rings (SSSR count). The fourth-order valence-electron chi connectivity index (χ4n) is 3.09. The zero-order valence-corrected chi connectivity index (χ0v) is 16.9. The normalized spacial score (nSPS) is 14.3. The zero-order valence-electron chi connectivity index (χ0n) is 15.3. The second-order valence-electron chi connectivity index (χ2n) is 6.44. The van der Waals surface area contributed by atoms with E-state index in [9.17, 15) is 14.4 Å². The van der Waals surface area contributed by atoms with Gasteiger partial charge in [-0.1, -0.05) is 12.1 Å². The standard InChI is InChI=1S/C20H17N3O3S2/c1-11(23-19(25)14-5-3-4-6-15(14)20(23)26)18(24)21-9-13-7-8-17(28-13)16-10-27-12(2)22-16/h3-8,10-11H,9H2,1-2H3,(H,21,24)/t11-/m0/s1. The third kappa shape index (κ3) is 3.25. The van der Waals surface area contributed by atoms with Crippen molar-refractivity contribution in [1.82, 2.24) is 15.2 Å². The maximum Gasteiger partial charge on any atom is 0.262 e. The van der Waals surface area contributed by atoms with Crippen molar-refractivity contribution < 1.29 is 14.4 Å². The van der Waals surface area contributed by atoms with Crippen molar-refractivity contribution in [2.75, 3.05) is 0 Å². The van der Waals surface area contributed by atoms with Crippen LogP contribution >= 0.6 is 22.7 Å². The largest absolute Gasteiger partial charge is 0.349 e. The highest BCUT2D eigenvalue weighted by Gasteiger charge is 2.40. The molecule has 8 heteroatoms. The van der Waals surface area contributed by atoms with E-state index < -0.39 is 17.9 Å². The van der Waals surface area contributed by atoms with Crippen LogP contribution in [0.2, 0.25) is 0 Å². The molecule has 3 heterocycles. The minimum Gasteiger partial charge on any atom is -0.349 e. The summed E-state index contributed by atoms with van der Waals surface area (Å²) in [6.45, 7) is 3.86. The number of imide groups is 1. The minimum atomic E-state index is -0.881. The quantitative estimate of drug-likeness (QED) is 0.652. The smallest absolute Gasteiger partial charge is 0.262 e. The molecular formula is C20H17N3O3S2. The topological polar surface area (TPSA) is 79.4 Å². The van der Waals surface area contributed by atoms with Crippen LogP contribution in [0.5, 0.6) is 0 Å². The van der Waals surface area contributed by atoms with Gasteiger partial charge in [0.05, 0.1) is 33.3 Å². The van der Waals surface area contributed by atoms with Gasteiger partial charge in [0, 0.05) is 10.3 Å². The fourth-order valence-corrected chi connectivity index (χ4v) is 4.68. The highest BCUT2D eigenvalue weighted by atomic mass is 32.1. The molecule has 3 aromatic rings. The second kappa shape index (κ2) is 7.29. The maximum atomic E-state index is 12.6. The van der Waals surface area contributed by atoms with Crippen molar-refractivity contribution in [1.29, 1.82) is 0 Å². The summed E-state index contributed by atoms with van der Waals surface area (Å²) in [6, 6.07) is 9.66. The molecule has 1 aliphatic heterocycles. The van der Waals surface area contributed by atoms with Gasteiger partial charge in [-0.15, -0.1) is 22.7 Å². The van der Waals surface area contributed by atoms with Gasteiger partial charge in [-0.05, 0) is 38.1 Å². The van der Waals surface area contributed by atoms with Crippen molar-refractivity contribution in [2.45, 2.75) is 26.4 Å². The predicted octanol–water partition coefficient (Wildman–Crippen LogP) is 3.48. The number of thiazole rings is 1. The Bertz CT molecular complexity index is 1050. The molecule has 0 radical (unpaired) electrons. The zero-order chi connectivity index (χ0) is 19.8. The third-order valence-electron chi connectivity index (χ3n) is 4.56. The molecule has 1 aliphatic rings. The molecule has 0 fully saturated rings. The van der Waals surface area contributed by atoms with Gasteiger partial charge in [0.25, 0.3) is 11.8 Å². The summed E-state index contributed by atoms with van der Waals surface area (Å²) in [5.41, 5.74) is 1.62. The van der Waals surface area contributed by atoms with Crippen molar-refractivity contribution in [3.63, 3.8) is 0 Å². The first-order valence-corrected chi connectivity index (χ1v) is 10.4. The maximum absolute atomic E-state index is 12.6. The molecule has 1 atom stereocenters. The summed E-state index contributed by atoms with van der Waals surface area (Å²) in [7, 11) is 0. The van der Waals surface area contributed by atoms with Gasteiger partial charge in [-0.2, -0.15) is 0 Å². The number of nitrogens with one attached hydrogen (secondary N) is 1. The van der Waals surface area contributed by atoms with Gasteiger partial charge in [-0.3, -0.25) is 19.3 Å². The van der Waals surface area contributed by atoms with E-state index in [-0.39, 0.29) is 5.91 Å². The number of benzene rings is 1. The Kier molecular flexibility index (Phi) is 4.82. The average Bonchev–Trinajstić information content (AvgIpc) is 3.39. The Morgan fingerprint density at radius 1 is 1.14 bits per heavy atom. The van der Waals surface area contributed by atoms with E-state index in [4.69, 9.17) is 0 Å². The molecule has 142 valence electrons. The van der Waals surface area contributed by atoms with Crippen LogP contribution in [0.15, 0.2) is 41.8 Å². The molecule has 1 N–H and O–H groups in total. The summed E-state index contributed by atoms with van der Waals surface area (Å²) in [5.74, 6) is -1.23. The Hall–Kier alpha value is -2.84. The van der Waals surface area contributed by atoms with Crippen molar-refractivity contribution in [3.05, 3.63) is 62.8 Å². The first-order valence-electron chi connectivity index (χ1n) is 8.71. The molecule has 0 spiro atoms. The van der Waals surface area contributed by atoms with Crippen molar-refractivity contribution >= 4 is 40.4 Å². The lowest BCUT2D eigenvalue weighted by Crippen LogP contribution is -2.47. The number of thiophene rings is 1. The third-order valence-corrected chi connectivity index (χ3v) is 6.44. The number of hydrogen-bond acceptors (Lipinski definition) is 6. The van der Waals surface area contributed by atoms with Gasteiger partial charge in [0.2, 0.25) is 5.91 Å². The molecular weight excluding hydrogens is 394 g/mol. The minimum absolute atomic E-state index is 0.333. The van der Waals surface area contributed by atoms with Crippen LogP contribution in [0.1, 0.15) is 37.5 Å². The summed E-state index contributed by atoms with van der Waals surface area (Å²) in [6.07, 6.45) is 0. The predicted molar refractivity (Wildman–Crippen MR) is 108 cm³/mol. The number of aromatic nitrogens is 1. The molecule has 0 saturated carbocycles. The molecule has 0 aliphatic carbocycles. The first kappa shape index (κ1) is 18.5. The van der Waals surface area contributed by atoms with Gasteiger partial charge < -0.3 is 5.32 Å². The summed E-state index contributed by atoms with van der Waals surface area (Å²) in [4.78, 5) is 45.1. The number of rotatable bonds is 5. The summed E-state index contributed by atoms with van der Waals surface area (Å²) >= 11 is 3.15. The summed E-state index contributed by atoms with van der Waals surface area (Å²) in [5, 5.41) is 5.84. The molecule has 0 saturated heterocycles. The van der Waals surface area contributed by atoms with Crippen LogP contribution in [-0.2, 0) is 11.3 Å². The van der Waals surface area contributed by atoms with Crippen LogP contribution in [0.4, 0.5) is 0 Å². The number of nitrogens with zero attached hydrogens (tertiary/aromatic N) is 2. The fraction of sp³-hybridized carbons (Fsp3) is 0.200. The highest BCUT2D eigenvalue weighted by Crippen LogP contribution is 2.29. The average molecular weight is 412 g/mol. The SMILES string of the molecule is Cc1nc(-c2ccc(CNC(=O)[C@H](C)N3C(=O)c4ccccc4C3=O)s2)cs1. The molecule has 0 unspecified atom stereocenters. The Morgan fingerprint density at radius 2 is 1.82 bits per heavy atom. The first-order chi connectivity index (χ1) is 13.5. The van der Waals surface area contributed by atoms with Gasteiger partial charge in [0.1, 0.15) is 6.04 Å². The van der Waals surface area contributed by atoms with Crippen molar-refractivity contribution in [3.8, 4) is 10.6 Å². The number of aryl methyl sites for hydroxylation is 1.